The fraction of sp³-hybridized carbons (Fsp3) is 0.357. The van der Waals surface area contributed by atoms with Crippen LogP contribution < -0.4 is 11.1 Å². The van der Waals surface area contributed by atoms with E-state index in [9.17, 15) is 4.79 Å². The zero-order valence-electron chi connectivity index (χ0n) is 11.8. The number of aliphatic hydroxyl groups excluding tert-OH is 1. The summed E-state index contributed by atoms with van der Waals surface area (Å²) in [5.41, 5.74) is 7.21. The largest absolute Gasteiger partial charge is 0.396 e. The number of hydrogen-bond acceptors (Lipinski definition) is 7. The molecule has 0 fully saturated rings. The summed E-state index contributed by atoms with van der Waals surface area (Å²) in [5.74, 6) is 0.202. The summed E-state index contributed by atoms with van der Waals surface area (Å²) in [6.45, 7) is 0.911. The number of anilines is 1. The molecule has 0 spiro atoms. The van der Waals surface area contributed by atoms with Gasteiger partial charge in [-0.1, -0.05) is 0 Å². The fourth-order valence-corrected chi connectivity index (χ4v) is 4.20. The minimum atomic E-state index is -0.442. The van der Waals surface area contributed by atoms with E-state index < -0.39 is 6.04 Å². The Morgan fingerprint density at radius 1 is 1.50 bits per heavy atom. The first-order chi connectivity index (χ1) is 10.7. The third-order valence-corrected chi connectivity index (χ3v) is 5.42. The lowest BCUT2D eigenvalue weighted by Crippen LogP contribution is -2.26. The maximum atomic E-state index is 11.2. The number of aliphatic imine (C=N–C) groups is 1. The van der Waals surface area contributed by atoms with Gasteiger partial charge in [0, 0.05) is 24.6 Å². The van der Waals surface area contributed by atoms with E-state index in [1.807, 2.05) is 18.2 Å². The normalized spacial score (nSPS) is 17.7. The van der Waals surface area contributed by atoms with Crippen molar-refractivity contribution >= 4 is 50.0 Å². The van der Waals surface area contributed by atoms with Crippen LogP contribution in [0.25, 0.3) is 10.2 Å². The van der Waals surface area contributed by atoms with Gasteiger partial charge in [-0.3, -0.25) is 9.79 Å². The lowest BCUT2D eigenvalue weighted by molar-refractivity contribution is -0.118. The van der Waals surface area contributed by atoms with Crippen molar-refractivity contribution in [3.8, 4) is 0 Å². The molecule has 0 radical (unpaired) electrons. The number of thioether (sulfide) groups is 1. The summed E-state index contributed by atoms with van der Waals surface area (Å²) in [5, 5.41) is 13.7. The van der Waals surface area contributed by atoms with Gasteiger partial charge in [0.25, 0.3) is 0 Å². The molecular formula is C14H16N4O2S2. The maximum Gasteiger partial charge on any atom is 0.243 e. The minimum Gasteiger partial charge on any atom is -0.396 e. The zero-order valence-corrected chi connectivity index (χ0v) is 13.4. The number of primary amides is 1. The smallest absolute Gasteiger partial charge is 0.243 e. The average molecular weight is 336 g/mol. The highest BCUT2D eigenvalue weighted by atomic mass is 32.2. The summed E-state index contributed by atoms with van der Waals surface area (Å²) < 4.78 is 1.06. The molecule has 1 amide bonds. The Labute approximate surface area is 135 Å². The minimum absolute atomic E-state index is 0.179. The van der Waals surface area contributed by atoms with Crippen molar-refractivity contribution in [3.63, 3.8) is 0 Å². The van der Waals surface area contributed by atoms with Crippen LogP contribution in [-0.4, -0.2) is 46.0 Å². The van der Waals surface area contributed by atoms with Crippen LogP contribution in [0.1, 0.15) is 11.4 Å². The molecule has 2 aromatic rings. The Hall–Kier alpha value is -1.64. The van der Waals surface area contributed by atoms with Crippen LogP contribution in [-0.2, 0) is 4.79 Å². The molecule has 22 heavy (non-hydrogen) atoms. The monoisotopic (exact) mass is 336 g/mol. The SMILES string of the molecule is NC(=O)[C@H]1CSC(c2nc3ccc(NCCCO)cc3s2)=N1. The number of carbonyl (C=O) groups excluding carboxylic acids is 1. The molecule has 0 saturated carbocycles. The number of nitrogens with two attached hydrogens (primary N) is 1. The van der Waals surface area contributed by atoms with Crippen LogP contribution in [0.4, 0.5) is 5.69 Å². The molecule has 0 unspecified atom stereocenters. The summed E-state index contributed by atoms with van der Waals surface area (Å²) in [7, 11) is 0. The number of amides is 1. The zero-order chi connectivity index (χ0) is 15.5. The van der Waals surface area contributed by atoms with Gasteiger partial charge in [-0.2, -0.15) is 0 Å². The summed E-state index contributed by atoms with van der Waals surface area (Å²) in [6, 6.07) is 5.53. The van der Waals surface area contributed by atoms with Gasteiger partial charge in [0.15, 0.2) is 0 Å². The molecule has 3 rings (SSSR count). The number of nitrogens with zero attached hydrogens (tertiary/aromatic N) is 2. The first kappa shape index (κ1) is 15.3. The van der Waals surface area contributed by atoms with E-state index >= 15 is 0 Å². The lowest BCUT2D eigenvalue weighted by atomic mass is 10.3. The second-order valence-corrected chi connectivity index (χ2v) is 6.91. The van der Waals surface area contributed by atoms with Crippen LogP contribution >= 0.6 is 23.1 Å². The fourth-order valence-electron chi connectivity index (χ4n) is 2.07. The molecule has 4 N–H and O–H groups in total. The first-order valence-electron chi connectivity index (χ1n) is 6.93. The number of rotatable bonds is 6. The second-order valence-electron chi connectivity index (χ2n) is 4.87. The topological polar surface area (TPSA) is 101 Å². The van der Waals surface area contributed by atoms with Crippen molar-refractivity contribution in [3.05, 3.63) is 23.2 Å². The van der Waals surface area contributed by atoms with E-state index in [0.29, 0.717) is 12.2 Å². The molecule has 1 atom stereocenters. The van der Waals surface area contributed by atoms with Crippen LogP contribution in [0.15, 0.2) is 23.2 Å². The quantitative estimate of drug-likeness (QED) is 0.693. The number of aromatic nitrogens is 1. The third-order valence-electron chi connectivity index (χ3n) is 3.21. The van der Waals surface area contributed by atoms with E-state index in [2.05, 4.69) is 15.3 Å². The predicted molar refractivity (Wildman–Crippen MR) is 91.8 cm³/mol. The third kappa shape index (κ3) is 3.23. The Morgan fingerprint density at radius 2 is 2.36 bits per heavy atom. The first-order valence-corrected chi connectivity index (χ1v) is 8.73. The average Bonchev–Trinajstić information content (AvgIpc) is 3.13. The number of fused-ring (bicyclic) bond motifs is 1. The van der Waals surface area contributed by atoms with Crippen LogP contribution in [0.2, 0.25) is 0 Å². The maximum absolute atomic E-state index is 11.2. The van der Waals surface area contributed by atoms with Gasteiger partial charge >= 0.3 is 0 Å². The van der Waals surface area contributed by atoms with E-state index in [-0.39, 0.29) is 12.5 Å². The van der Waals surface area contributed by atoms with Crippen molar-refractivity contribution in [1.29, 1.82) is 0 Å². The van der Waals surface area contributed by atoms with Crippen LogP contribution in [0.3, 0.4) is 0 Å². The van der Waals surface area contributed by atoms with Crippen LogP contribution in [0, 0.1) is 0 Å². The molecule has 1 aliphatic rings. The van der Waals surface area contributed by atoms with E-state index in [4.69, 9.17) is 10.8 Å². The molecular weight excluding hydrogens is 320 g/mol. The standard InChI is InChI=1S/C14H16N4O2S2/c15-12(20)10-7-21-13(18-10)14-17-9-3-2-8(6-11(9)22-14)16-4-1-5-19/h2-3,6,10,16,19H,1,4-5,7H2,(H2,15,20)/t10-/m1/s1. The van der Waals surface area contributed by atoms with E-state index in [1.165, 1.54) is 11.8 Å². The van der Waals surface area contributed by atoms with Crippen molar-refractivity contribution in [1.82, 2.24) is 4.98 Å². The lowest BCUT2D eigenvalue weighted by Gasteiger charge is -2.04. The van der Waals surface area contributed by atoms with Crippen molar-refractivity contribution in [2.45, 2.75) is 12.5 Å². The Balaban J connectivity index is 1.81. The van der Waals surface area contributed by atoms with Gasteiger partial charge in [-0.15, -0.1) is 23.1 Å². The van der Waals surface area contributed by atoms with Crippen molar-refractivity contribution < 1.29 is 9.90 Å². The molecule has 1 aromatic carbocycles. The Bertz CT molecular complexity index is 729. The molecule has 0 saturated heterocycles. The molecule has 6 nitrogen and oxygen atoms in total. The van der Waals surface area contributed by atoms with E-state index in [0.717, 1.165) is 32.5 Å². The molecule has 1 aromatic heterocycles. The predicted octanol–water partition coefficient (Wildman–Crippen LogP) is 1.44. The molecule has 116 valence electrons. The highest BCUT2D eigenvalue weighted by molar-refractivity contribution is 8.15. The summed E-state index contributed by atoms with van der Waals surface area (Å²) >= 11 is 3.08. The number of hydrogen-bond donors (Lipinski definition) is 3. The Kier molecular flexibility index (Phi) is 4.60. The highest BCUT2D eigenvalue weighted by Crippen LogP contribution is 2.31. The van der Waals surface area contributed by atoms with Gasteiger partial charge in [-0.25, -0.2) is 4.98 Å². The van der Waals surface area contributed by atoms with Crippen molar-refractivity contribution in [2.24, 2.45) is 10.7 Å². The molecule has 0 aliphatic carbocycles. The number of benzene rings is 1. The Morgan fingerprint density at radius 3 is 3.09 bits per heavy atom. The molecule has 0 bridgehead atoms. The van der Waals surface area contributed by atoms with Gasteiger partial charge < -0.3 is 16.2 Å². The number of thiazole rings is 1. The summed E-state index contributed by atoms with van der Waals surface area (Å²) in [6.07, 6.45) is 0.716. The molecule has 1 aliphatic heterocycles. The number of aliphatic hydroxyl groups is 1. The van der Waals surface area contributed by atoms with Gasteiger partial charge in [0.1, 0.15) is 16.1 Å². The van der Waals surface area contributed by atoms with Gasteiger partial charge in [-0.05, 0) is 24.6 Å². The second kappa shape index (κ2) is 6.64. The van der Waals surface area contributed by atoms with E-state index in [1.54, 1.807) is 11.3 Å². The summed E-state index contributed by atoms with van der Waals surface area (Å²) in [4.78, 5) is 20.1. The molecule has 2 heterocycles. The van der Waals surface area contributed by atoms with Gasteiger partial charge in [0.05, 0.1) is 10.2 Å². The number of carbonyl (C=O) groups is 1. The van der Waals surface area contributed by atoms with Gasteiger partial charge in [0.2, 0.25) is 5.91 Å². The highest BCUT2D eigenvalue weighted by Gasteiger charge is 2.25. The van der Waals surface area contributed by atoms with Crippen LogP contribution in [0.5, 0.6) is 0 Å². The number of nitrogens with one attached hydrogen (secondary N) is 1. The van der Waals surface area contributed by atoms with Crippen molar-refractivity contribution in [2.75, 3.05) is 24.2 Å². The molecule has 8 heteroatoms.